The standard InChI is InChI=1S/C24H22FN3O4S/c1-32-22-13-12-18(14-20(22)25)23-21(16-29)28(15-17-8-4-2-5-9-17)26-24(23)27-33(30,31)19-10-6-3-7-11-19/h2-14,29H,15-16H2,1H3,(H,26,27). The molecular formula is C24H22FN3O4S. The van der Waals surface area contributed by atoms with E-state index < -0.39 is 22.4 Å². The molecule has 0 unspecified atom stereocenters. The number of nitrogens with zero attached hydrogens (tertiary/aromatic N) is 2. The summed E-state index contributed by atoms with van der Waals surface area (Å²) in [7, 11) is -2.62. The first-order valence-corrected chi connectivity index (χ1v) is 11.6. The minimum absolute atomic E-state index is 0.0107. The first-order valence-electron chi connectivity index (χ1n) is 10.1. The van der Waals surface area contributed by atoms with Gasteiger partial charge in [0.1, 0.15) is 0 Å². The van der Waals surface area contributed by atoms with Crippen molar-refractivity contribution in [3.8, 4) is 16.9 Å². The van der Waals surface area contributed by atoms with E-state index in [1.54, 1.807) is 24.3 Å². The Balaban J connectivity index is 1.86. The third-order valence-corrected chi connectivity index (χ3v) is 6.46. The number of hydrogen-bond donors (Lipinski definition) is 2. The molecule has 7 nitrogen and oxygen atoms in total. The van der Waals surface area contributed by atoms with E-state index in [-0.39, 0.29) is 28.6 Å². The number of methoxy groups -OCH3 is 1. The zero-order valence-electron chi connectivity index (χ0n) is 17.8. The summed E-state index contributed by atoms with van der Waals surface area (Å²) in [4.78, 5) is 0.0556. The normalized spacial score (nSPS) is 11.4. The van der Waals surface area contributed by atoms with Crippen LogP contribution in [0.3, 0.4) is 0 Å². The highest BCUT2D eigenvalue weighted by atomic mass is 32.2. The highest BCUT2D eigenvalue weighted by molar-refractivity contribution is 7.92. The number of aliphatic hydroxyl groups is 1. The Labute approximate surface area is 191 Å². The molecule has 0 fully saturated rings. The first-order chi connectivity index (χ1) is 15.9. The molecule has 0 saturated carbocycles. The molecule has 0 atom stereocenters. The molecule has 9 heteroatoms. The van der Waals surface area contributed by atoms with Crippen molar-refractivity contribution in [3.05, 3.63) is 95.9 Å². The summed E-state index contributed by atoms with van der Waals surface area (Å²) < 4.78 is 49.5. The second-order valence-electron chi connectivity index (χ2n) is 7.24. The average Bonchev–Trinajstić information content (AvgIpc) is 3.16. The van der Waals surface area contributed by atoms with Gasteiger partial charge >= 0.3 is 0 Å². The lowest BCUT2D eigenvalue weighted by molar-refractivity contribution is 0.269. The van der Waals surface area contributed by atoms with Crippen LogP contribution in [0.15, 0.2) is 83.8 Å². The Kier molecular flexibility index (Phi) is 6.43. The lowest BCUT2D eigenvalue weighted by Gasteiger charge is -2.10. The summed E-state index contributed by atoms with van der Waals surface area (Å²) in [5.41, 5.74) is 1.88. The van der Waals surface area contributed by atoms with Crippen molar-refractivity contribution in [1.82, 2.24) is 9.78 Å². The van der Waals surface area contributed by atoms with E-state index in [9.17, 15) is 17.9 Å². The van der Waals surface area contributed by atoms with Crippen LogP contribution in [0.5, 0.6) is 5.75 Å². The number of anilines is 1. The van der Waals surface area contributed by atoms with Crippen LogP contribution in [-0.2, 0) is 23.2 Å². The Morgan fingerprint density at radius 3 is 2.30 bits per heavy atom. The maximum atomic E-state index is 14.5. The molecule has 4 rings (SSSR count). The number of hydrogen-bond acceptors (Lipinski definition) is 5. The van der Waals surface area contributed by atoms with Crippen LogP contribution < -0.4 is 9.46 Å². The van der Waals surface area contributed by atoms with Gasteiger partial charge in [-0.3, -0.25) is 9.40 Å². The quantitative estimate of drug-likeness (QED) is 0.408. The number of benzene rings is 3. The topological polar surface area (TPSA) is 93.5 Å². The molecule has 1 heterocycles. The third-order valence-electron chi connectivity index (χ3n) is 5.11. The number of ether oxygens (including phenoxy) is 1. The number of nitrogens with one attached hydrogen (secondary N) is 1. The molecular weight excluding hydrogens is 445 g/mol. The van der Waals surface area contributed by atoms with Crippen LogP contribution in [0.4, 0.5) is 10.2 Å². The Morgan fingerprint density at radius 2 is 1.70 bits per heavy atom. The Morgan fingerprint density at radius 1 is 1.03 bits per heavy atom. The molecule has 0 spiro atoms. The molecule has 0 saturated heterocycles. The Hall–Kier alpha value is -3.69. The molecule has 0 amide bonds. The van der Waals surface area contributed by atoms with Crippen LogP contribution in [-0.4, -0.2) is 30.4 Å². The largest absolute Gasteiger partial charge is 0.494 e. The van der Waals surface area contributed by atoms with Gasteiger partial charge in [-0.1, -0.05) is 54.6 Å². The van der Waals surface area contributed by atoms with Gasteiger partial charge in [0.25, 0.3) is 10.0 Å². The van der Waals surface area contributed by atoms with E-state index in [4.69, 9.17) is 4.74 Å². The molecule has 0 aliphatic carbocycles. The van der Waals surface area contributed by atoms with Crippen molar-refractivity contribution in [2.45, 2.75) is 18.0 Å². The predicted octanol–water partition coefficient (Wildman–Crippen LogP) is 4.04. The highest BCUT2D eigenvalue weighted by Gasteiger charge is 2.24. The molecule has 2 N–H and O–H groups in total. The van der Waals surface area contributed by atoms with Gasteiger partial charge in [-0.2, -0.15) is 5.10 Å². The maximum absolute atomic E-state index is 14.5. The molecule has 0 radical (unpaired) electrons. The lowest BCUT2D eigenvalue weighted by atomic mass is 10.0. The van der Waals surface area contributed by atoms with E-state index in [2.05, 4.69) is 9.82 Å². The average molecular weight is 468 g/mol. The molecule has 3 aromatic carbocycles. The van der Waals surface area contributed by atoms with E-state index >= 15 is 0 Å². The number of halogens is 1. The smallest absolute Gasteiger partial charge is 0.263 e. The van der Waals surface area contributed by atoms with Gasteiger partial charge in [-0.25, -0.2) is 12.8 Å². The van der Waals surface area contributed by atoms with Gasteiger partial charge in [0, 0.05) is 0 Å². The van der Waals surface area contributed by atoms with Gasteiger partial charge in [0.05, 0.1) is 36.4 Å². The summed E-state index contributed by atoms with van der Waals surface area (Å²) in [6.45, 7) is -0.148. The number of sulfonamides is 1. The highest BCUT2D eigenvalue weighted by Crippen LogP contribution is 2.35. The van der Waals surface area contributed by atoms with Crippen molar-refractivity contribution < 1.29 is 22.7 Å². The monoisotopic (exact) mass is 467 g/mol. The van der Waals surface area contributed by atoms with Gasteiger partial charge in [0.2, 0.25) is 0 Å². The summed E-state index contributed by atoms with van der Waals surface area (Å²) in [6.07, 6.45) is 0. The SMILES string of the molecule is COc1ccc(-c2c(NS(=O)(=O)c3ccccc3)nn(Cc3ccccc3)c2CO)cc1F. The molecule has 0 aliphatic rings. The van der Waals surface area contributed by atoms with Gasteiger partial charge in [0.15, 0.2) is 17.4 Å². The fourth-order valence-corrected chi connectivity index (χ4v) is 4.56. The van der Waals surface area contributed by atoms with Crippen LogP contribution >= 0.6 is 0 Å². The van der Waals surface area contributed by atoms with Crippen molar-refractivity contribution in [2.24, 2.45) is 0 Å². The van der Waals surface area contributed by atoms with Crippen LogP contribution in [0.1, 0.15) is 11.3 Å². The van der Waals surface area contributed by atoms with Gasteiger partial charge in [-0.05, 0) is 35.4 Å². The second-order valence-corrected chi connectivity index (χ2v) is 8.92. The van der Waals surface area contributed by atoms with Crippen molar-refractivity contribution in [3.63, 3.8) is 0 Å². The zero-order valence-corrected chi connectivity index (χ0v) is 18.6. The summed E-state index contributed by atoms with van der Waals surface area (Å²) in [6, 6.07) is 21.5. The van der Waals surface area contributed by atoms with Gasteiger partial charge in [-0.15, -0.1) is 0 Å². The van der Waals surface area contributed by atoms with E-state index in [1.165, 1.54) is 36.1 Å². The van der Waals surface area contributed by atoms with E-state index in [0.717, 1.165) is 5.56 Å². The molecule has 4 aromatic rings. The molecule has 33 heavy (non-hydrogen) atoms. The molecule has 1 aromatic heterocycles. The van der Waals surface area contributed by atoms with Crippen LogP contribution in [0.2, 0.25) is 0 Å². The number of rotatable bonds is 8. The van der Waals surface area contributed by atoms with Gasteiger partial charge < -0.3 is 9.84 Å². The van der Waals surface area contributed by atoms with Crippen molar-refractivity contribution in [1.29, 1.82) is 0 Å². The summed E-state index contributed by atoms with van der Waals surface area (Å²) in [5, 5.41) is 14.6. The fraction of sp³-hybridized carbons (Fsp3) is 0.125. The van der Waals surface area contributed by atoms with Crippen LogP contribution in [0, 0.1) is 5.82 Å². The van der Waals surface area contributed by atoms with Crippen molar-refractivity contribution in [2.75, 3.05) is 11.8 Å². The third kappa shape index (κ3) is 4.74. The minimum atomic E-state index is -3.98. The summed E-state index contributed by atoms with van der Waals surface area (Å²) >= 11 is 0. The van der Waals surface area contributed by atoms with E-state index in [0.29, 0.717) is 11.3 Å². The second kappa shape index (κ2) is 9.43. The maximum Gasteiger partial charge on any atom is 0.263 e. The van der Waals surface area contributed by atoms with Crippen LogP contribution in [0.25, 0.3) is 11.1 Å². The summed E-state index contributed by atoms with van der Waals surface area (Å²) in [5.74, 6) is -0.581. The zero-order chi connectivity index (χ0) is 23.4. The number of aliphatic hydroxyl groups excluding tert-OH is 1. The predicted molar refractivity (Wildman–Crippen MR) is 123 cm³/mol. The first kappa shape index (κ1) is 22.5. The molecule has 0 aliphatic heterocycles. The Bertz CT molecular complexity index is 1360. The molecule has 0 bridgehead atoms. The van der Waals surface area contributed by atoms with E-state index in [1.807, 2.05) is 30.3 Å². The lowest BCUT2D eigenvalue weighted by Crippen LogP contribution is -2.14. The minimum Gasteiger partial charge on any atom is -0.494 e. The number of aromatic nitrogens is 2. The fourth-order valence-electron chi connectivity index (χ4n) is 3.53. The van der Waals surface area contributed by atoms with Crippen molar-refractivity contribution >= 4 is 15.8 Å². The molecule has 170 valence electrons.